The van der Waals surface area contributed by atoms with Crippen LogP contribution in [0, 0.1) is 36.3 Å². The fraction of sp³-hybridized carbons (Fsp3) is 0.619. The van der Waals surface area contributed by atoms with Gasteiger partial charge in [-0.1, -0.05) is 25.3 Å². The predicted molar refractivity (Wildman–Crippen MR) is 92.2 cm³/mol. The van der Waals surface area contributed by atoms with Crippen LogP contribution in [0.2, 0.25) is 0 Å². The molecule has 2 heteroatoms. The molecule has 1 fully saturated rings. The minimum absolute atomic E-state index is 0.406. The summed E-state index contributed by atoms with van der Waals surface area (Å²) < 4.78 is 27.2. The Balaban J connectivity index is 1.77. The molecule has 0 spiro atoms. The van der Waals surface area contributed by atoms with Gasteiger partial charge in [-0.05, 0) is 92.5 Å². The van der Waals surface area contributed by atoms with Gasteiger partial charge in [0.15, 0.2) is 11.6 Å². The Morgan fingerprint density at radius 3 is 2.22 bits per heavy atom. The third kappa shape index (κ3) is 3.51. The second kappa shape index (κ2) is 6.75. The van der Waals surface area contributed by atoms with E-state index in [1.54, 1.807) is 13.0 Å². The molecule has 0 aromatic heterocycles. The molecular weight excluding hydrogens is 290 g/mol. The lowest BCUT2D eigenvalue weighted by molar-refractivity contribution is 0.200. The number of rotatable bonds is 2. The summed E-state index contributed by atoms with van der Waals surface area (Å²) >= 11 is 0. The van der Waals surface area contributed by atoms with E-state index in [9.17, 15) is 8.78 Å². The van der Waals surface area contributed by atoms with Gasteiger partial charge in [0.1, 0.15) is 0 Å². The standard InChI is InChI=1S/C21H28F2/c1-13-4-6-16(7-5-13)17-8-9-19(14(2)10-17)18-11-15(3)21(23)20(22)12-18/h11-13,16-17H,4-10H2,1-3H3. The third-order valence-corrected chi connectivity index (χ3v) is 6.13. The summed E-state index contributed by atoms with van der Waals surface area (Å²) in [4.78, 5) is 0. The molecule has 126 valence electrons. The van der Waals surface area contributed by atoms with Crippen molar-refractivity contribution < 1.29 is 8.78 Å². The highest BCUT2D eigenvalue weighted by Crippen LogP contribution is 2.43. The van der Waals surface area contributed by atoms with Crippen LogP contribution in [0.15, 0.2) is 17.7 Å². The first-order chi connectivity index (χ1) is 11.0. The fourth-order valence-corrected chi connectivity index (χ4v) is 4.61. The zero-order valence-electron chi connectivity index (χ0n) is 14.6. The lowest BCUT2D eigenvalue weighted by Gasteiger charge is -2.36. The summed E-state index contributed by atoms with van der Waals surface area (Å²) in [6.07, 6.45) is 8.83. The fourth-order valence-electron chi connectivity index (χ4n) is 4.61. The van der Waals surface area contributed by atoms with Crippen molar-refractivity contribution in [2.75, 3.05) is 0 Å². The molecule has 0 amide bonds. The van der Waals surface area contributed by atoms with Crippen LogP contribution in [0.25, 0.3) is 5.57 Å². The minimum atomic E-state index is -0.719. The Bertz CT molecular complexity index is 583. The molecule has 1 saturated carbocycles. The Morgan fingerprint density at radius 2 is 1.61 bits per heavy atom. The van der Waals surface area contributed by atoms with Gasteiger partial charge in [-0.3, -0.25) is 0 Å². The molecule has 23 heavy (non-hydrogen) atoms. The van der Waals surface area contributed by atoms with Crippen molar-refractivity contribution in [3.8, 4) is 0 Å². The molecule has 1 aromatic carbocycles. The summed E-state index contributed by atoms with van der Waals surface area (Å²) in [6.45, 7) is 6.20. The highest BCUT2D eigenvalue weighted by molar-refractivity contribution is 5.69. The summed E-state index contributed by atoms with van der Waals surface area (Å²) in [5, 5.41) is 0. The number of aryl methyl sites for hydroxylation is 1. The number of benzene rings is 1. The quantitative estimate of drug-likeness (QED) is 0.571. The molecule has 2 aliphatic carbocycles. The molecule has 1 unspecified atom stereocenters. The van der Waals surface area contributed by atoms with E-state index in [0.717, 1.165) is 36.2 Å². The Labute approximate surface area is 139 Å². The van der Waals surface area contributed by atoms with Gasteiger partial charge >= 0.3 is 0 Å². The van der Waals surface area contributed by atoms with Crippen LogP contribution < -0.4 is 0 Å². The van der Waals surface area contributed by atoms with Gasteiger partial charge in [0.25, 0.3) is 0 Å². The maximum absolute atomic E-state index is 13.7. The van der Waals surface area contributed by atoms with Crippen LogP contribution in [-0.4, -0.2) is 0 Å². The highest BCUT2D eigenvalue weighted by atomic mass is 19.2. The van der Waals surface area contributed by atoms with Crippen molar-refractivity contribution in [3.63, 3.8) is 0 Å². The van der Waals surface area contributed by atoms with Gasteiger partial charge < -0.3 is 0 Å². The van der Waals surface area contributed by atoms with Crippen LogP contribution >= 0.6 is 0 Å². The second-order valence-corrected chi connectivity index (χ2v) is 7.87. The van der Waals surface area contributed by atoms with Gasteiger partial charge in [0, 0.05) is 0 Å². The van der Waals surface area contributed by atoms with E-state index in [0.29, 0.717) is 5.56 Å². The van der Waals surface area contributed by atoms with E-state index in [1.165, 1.54) is 49.3 Å². The number of hydrogen-bond acceptors (Lipinski definition) is 0. The first-order valence-corrected chi connectivity index (χ1v) is 9.10. The van der Waals surface area contributed by atoms with Crippen molar-refractivity contribution in [1.82, 2.24) is 0 Å². The zero-order chi connectivity index (χ0) is 16.6. The van der Waals surface area contributed by atoms with Crippen LogP contribution in [0.5, 0.6) is 0 Å². The Kier molecular flexibility index (Phi) is 4.89. The molecule has 0 bridgehead atoms. The molecule has 0 aliphatic heterocycles. The number of hydrogen-bond donors (Lipinski definition) is 0. The molecule has 2 aliphatic rings. The van der Waals surface area contributed by atoms with Crippen molar-refractivity contribution in [1.29, 1.82) is 0 Å². The highest BCUT2D eigenvalue weighted by Gasteiger charge is 2.29. The second-order valence-electron chi connectivity index (χ2n) is 7.87. The zero-order valence-corrected chi connectivity index (χ0v) is 14.6. The van der Waals surface area contributed by atoms with E-state index in [-0.39, 0.29) is 0 Å². The molecule has 0 nitrogen and oxygen atoms in total. The third-order valence-electron chi connectivity index (χ3n) is 6.13. The average Bonchev–Trinajstić information content (AvgIpc) is 2.53. The molecule has 1 atom stereocenters. The molecule has 0 radical (unpaired) electrons. The monoisotopic (exact) mass is 318 g/mol. The van der Waals surface area contributed by atoms with Gasteiger partial charge in [0.05, 0.1) is 0 Å². The lowest BCUT2D eigenvalue weighted by Crippen LogP contribution is -2.23. The first kappa shape index (κ1) is 16.7. The smallest absolute Gasteiger partial charge is 0.161 e. The van der Waals surface area contributed by atoms with Crippen molar-refractivity contribution in [2.24, 2.45) is 17.8 Å². The summed E-state index contributed by atoms with van der Waals surface area (Å²) in [7, 11) is 0. The maximum atomic E-state index is 13.7. The number of halogens is 2. The van der Waals surface area contributed by atoms with Crippen LogP contribution in [-0.2, 0) is 0 Å². The summed E-state index contributed by atoms with van der Waals surface area (Å²) in [5.74, 6) is 1.12. The molecule has 1 aromatic rings. The van der Waals surface area contributed by atoms with E-state index in [1.807, 2.05) is 0 Å². The average molecular weight is 318 g/mol. The molecule has 0 saturated heterocycles. The SMILES string of the molecule is CC1=C(c2cc(C)c(F)c(F)c2)CCC(C2CCC(C)CC2)C1. The van der Waals surface area contributed by atoms with E-state index in [4.69, 9.17) is 0 Å². The lowest BCUT2D eigenvalue weighted by atomic mass is 9.69. The summed E-state index contributed by atoms with van der Waals surface area (Å²) in [6, 6.07) is 3.18. The van der Waals surface area contributed by atoms with Crippen LogP contribution in [0.1, 0.15) is 69.9 Å². The van der Waals surface area contributed by atoms with Gasteiger partial charge in [-0.25, -0.2) is 8.78 Å². The van der Waals surface area contributed by atoms with E-state index < -0.39 is 11.6 Å². The van der Waals surface area contributed by atoms with E-state index in [2.05, 4.69) is 13.8 Å². The van der Waals surface area contributed by atoms with Crippen LogP contribution in [0.3, 0.4) is 0 Å². The maximum Gasteiger partial charge on any atom is 0.161 e. The topological polar surface area (TPSA) is 0 Å². The number of allylic oxidation sites excluding steroid dienone is 2. The van der Waals surface area contributed by atoms with Crippen molar-refractivity contribution in [2.45, 2.75) is 65.7 Å². The summed E-state index contributed by atoms with van der Waals surface area (Å²) in [5.41, 5.74) is 3.91. The van der Waals surface area contributed by atoms with Crippen molar-refractivity contribution >= 4 is 5.57 Å². The largest absolute Gasteiger partial charge is 0.204 e. The van der Waals surface area contributed by atoms with Gasteiger partial charge in [-0.15, -0.1) is 0 Å². The molecule has 0 N–H and O–H groups in total. The predicted octanol–water partition coefficient (Wildman–Crippen LogP) is 6.67. The normalized spacial score (nSPS) is 29.0. The molecule has 0 heterocycles. The Morgan fingerprint density at radius 1 is 0.913 bits per heavy atom. The Hall–Kier alpha value is -1.18. The van der Waals surface area contributed by atoms with E-state index >= 15 is 0 Å². The molecular formula is C21H28F2. The van der Waals surface area contributed by atoms with Gasteiger partial charge in [-0.2, -0.15) is 0 Å². The van der Waals surface area contributed by atoms with Crippen molar-refractivity contribution in [3.05, 3.63) is 40.5 Å². The molecule has 3 rings (SSSR count). The minimum Gasteiger partial charge on any atom is -0.204 e. The first-order valence-electron chi connectivity index (χ1n) is 9.10. The van der Waals surface area contributed by atoms with Crippen LogP contribution in [0.4, 0.5) is 8.78 Å². The van der Waals surface area contributed by atoms with Gasteiger partial charge in [0.2, 0.25) is 0 Å².